The normalized spacial score (nSPS) is 24.6. The molecule has 274 valence electrons. The lowest BCUT2D eigenvalue weighted by molar-refractivity contribution is -0.144. The van der Waals surface area contributed by atoms with Gasteiger partial charge in [0.15, 0.2) is 0 Å². The predicted molar refractivity (Wildman–Crippen MR) is 172 cm³/mol. The summed E-state index contributed by atoms with van der Waals surface area (Å²) in [5, 5.41) is 7.99. The third-order valence-corrected chi connectivity index (χ3v) is 9.12. The van der Waals surface area contributed by atoms with Gasteiger partial charge in [0.05, 0.1) is 37.1 Å². The quantitative estimate of drug-likeness (QED) is 0.253. The Labute approximate surface area is 287 Å². The van der Waals surface area contributed by atoms with E-state index in [9.17, 15) is 37.1 Å². The van der Waals surface area contributed by atoms with E-state index >= 15 is 0 Å². The maximum Gasteiger partial charge on any atom is 0.416 e. The van der Waals surface area contributed by atoms with Crippen LogP contribution in [-0.2, 0) is 39.7 Å². The zero-order valence-corrected chi connectivity index (χ0v) is 28.5. The van der Waals surface area contributed by atoms with Crippen LogP contribution >= 0.6 is 0 Å². The number of rotatable bonds is 11. The first-order valence-electron chi connectivity index (χ1n) is 16.8. The Morgan fingerprint density at radius 3 is 2.34 bits per heavy atom. The molecule has 4 N–H and O–H groups in total. The van der Waals surface area contributed by atoms with E-state index in [4.69, 9.17) is 14.3 Å². The van der Waals surface area contributed by atoms with E-state index in [0.717, 1.165) is 25.0 Å². The molecular formula is C34H44F3N5O8. The van der Waals surface area contributed by atoms with Crippen LogP contribution in [0.15, 0.2) is 30.3 Å². The van der Waals surface area contributed by atoms with Gasteiger partial charge in [-0.25, -0.2) is 4.79 Å². The van der Waals surface area contributed by atoms with E-state index in [-0.39, 0.29) is 32.0 Å². The highest BCUT2D eigenvalue weighted by molar-refractivity contribution is 6.38. The summed E-state index contributed by atoms with van der Waals surface area (Å²) in [6.07, 6.45) is -1.64. The van der Waals surface area contributed by atoms with Crippen LogP contribution in [0.3, 0.4) is 0 Å². The second-order valence-corrected chi connectivity index (χ2v) is 14.4. The first kappa shape index (κ1) is 37.1. The molecule has 1 aromatic carbocycles. The Morgan fingerprint density at radius 2 is 1.76 bits per heavy atom. The third kappa shape index (κ3) is 8.75. The van der Waals surface area contributed by atoms with Gasteiger partial charge in [-0.2, -0.15) is 13.2 Å². The smallest absolute Gasteiger partial charge is 0.416 e. The monoisotopic (exact) mass is 707 g/mol. The van der Waals surface area contributed by atoms with Crippen LogP contribution in [0, 0.1) is 5.41 Å². The minimum Gasteiger partial charge on any atom is -0.444 e. The molecule has 3 heterocycles. The van der Waals surface area contributed by atoms with Gasteiger partial charge in [0.2, 0.25) is 17.6 Å². The van der Waals surface area contributed by atoms with Crippen molar-refractivity contribution in [1.82, 2.24) is 26.3 Å². The van der Waals surface area contributed by atoms with E-state index in [2.05, 4.69) is 21.4 Å². The fourth-order valence-corrected chi connectivity index (χ4v) is 6.20. The highest BCUT2D eigenvalue weighted by Gasteiger charge is 2.54. The van der Waals surface area contributed by atoms with Gasteiger partial charge in [0.25, 0.3) is 5.91 Å². The summed E-state index contributed by atoms with van der Waals surface area (Å²) < 4.78 is 50.3. The molecule has 50 heavy (non-hydrogen) atoms. The molecule has 1 aliphatic carbocycles. The van der Waals surface area contributed by atoms with Gasteiger partial charge in [0.1, 0.15) is 23.8 Å². The third-order valence-electron chi connectivity index (χ3n) is 9.12. The fraction of sp³-hybridized carbons (Fsp3) is 0.618. The number of likely N-dealkylation sites (tertiary alicyclic amines) is 1. The van der Waals surface area contributed by atoms with Gasteiger partial charge < -0.3 is 30.3 Å². The number of ether oxygens (including phenoxy) is 2. The highest BCUT2D eigenvalue weighted by atomic mass is 19.4. The molecule has 1 saturated carbocycles. The molecule has 4 aliphatic rings. The van der Waals surface area contributed by atoms with Gasteiger partial charge in [-0.15, -0.1) is 0 Å². The number of halogens is 3. The molecule has 3 fully saturated rings. The van der Waals surface area contributed by atoms with Gasteiger partial charge in [0, 0.05) is 18.9 Å². The number of alkyl halides is 3. The number of amides is 4. The summed E-state index contributed by atoms with van der Waals surface area (Å²) in [4.78, 5) is 74.3. The zero-order chi connectivity index (χ0) is 36.4. The lowest BCUT2D eigenvalue weighted by Crippen LogP contribution is -2.59. The molecule has 0 radical (unpaired) electrons. The summed E-state index contributed by atoms with van der Waals surface area (Å²) >= 11 is 0. The highest BCUT2D eigenvalue weighted by Crippen LogP contribution is 2.39. The minimum atomic E-state index is -4.52. The molecule has 13 nitrogen and oxygen atoms in total. The van der Waals surface area contributed by atoms with Gasteiger partial charge in [-0.1, -0.05) is 46.2 Å². The lowest BCUT2D eigenvalue weighted by atomic mass is 9.85. The number of hydrogen-bond acceptors (Lipinski definition) is 9. The number of nitrogens with zero attached hydrogens (tertiary/aromatic N) is 1. The van der Waals surface area contributed by atoms with Crippen LogP contribution in [0.2, 0.25) is 0 Å². The second kappa shape index (κ2) is 14.6. The maximum atomic E-state index is 14.4. The standard InChI is InChI=1S/C34H44F3N5O8/c1-5-6-23(26(43)29(45)38-21-11-12-21)39-28(44)25-16-33(15-24(41-50-33)19-7-9-20(10-8-19)34(35,36)37)18-42(25)30(46)27(32(2,3)4)40-31(47)49-22-13-14-48-17-22/h7-10,15,21-23,25,27,41H,5-6,11-14,16-18H2,1-4H3,(H,38,45)(H,39,44)(H,40,47)/t22-,23-,25-,27+,33-/m0/s1. The molecular weight excluding hydrogens is 663 g/mol. The van der Waals surface area contributed by atoms with Crippen LogP contribution < -0.4 is 21.4 Å². The summed E-state index contributed by atoms with van der Waals surface area (Å²) in [5.74, 6) is -2.93. The van der Waals surface area contributed by atoms with E-state index in [0.29, 0.717) is 30.7 Å². The number of ketones is 1. The number of hydrogen-bond donors (Lipinski definition) is 4. The van der Waals surface area contributed by atoms with Crippen molar-refractivity contribution in [3.8, 4) is 0 Å². The molecule has 2 saturated heterocycles. The Morgan fingerprint density at radius 1 is 1.06 bits per heavy atom. The van der Waals surface area contributed by atoms with Crippen LogP contribution in [0.4, 0.5) is 18.0 Å². The number of carbonyl (C=O) groups is 5. The van der Waals surface area contributed by atoms with Crippen LogP contribution in [0.25, 0.3) is 5.70 Å². The predicted octanol–water partition coefficient (Wildman–Crippen LogP) is 2.98. The van der Waals surface area contributed by atoms with Crippen molar-refractivity contribution in [1.29, 1.82) is 0 Å². The molecule has 16 heteroatoms. The molecule has 4 amide bonds. The van der Waals surface area contributed by atoms with Gasteiger partial charge in [-0.05, 0) is 48.4 Å². The van der Waals surface area contributed by atoms with Crippen LogP contribution in [-0.4, -0.2) is 90.1 Å². The van der Waals surface area contributed by atoms with E-state index in [1.54, 1.807) is 33.8 Å². The minimum absolute atomic E-state index is 0.0698. The Balaban J connectivity index is 1.42. The van der Waals surface area contributed by atoms with Crippen molar-refractivity contribution in [2.75, 3.05) is 19.8 Å². The zero-order valence-electron chi connectivity index (χ0n) is 28.5. The average Bonchev–Trinajstić information content (AvgIpc) is 3.39. The second-order valence-electron chi connectivity index (χ2n) is 14.4. The van der Waals surface area contributed by atoms with E-state index in [1.165, 1.54) is 17.0 Å². The first-order chi connectivity index (χ1) is 23.5. The summed E-state index contributed by atoms with van der Waals surface area (Å²) in [7, 11) is 0. The van der Waals surface area contributed by atoms with Crippen molar-refractivity contribution < 1.29 is 51.5 Å². The largest absolute Gasteiger partial charge is 0.444 e. The van der Waals surface area contributed by atoms with Crippen molar-refractivity contribution in [3.05, 3.63) is 41.5 Å². The van der Waals surface area contributed by atoms with Crippen LogP contribution in [0.1, 0.15) is 77.3 Å². The molecule has 5 rings (SSSR count). The van der Waals surface area contributed by atoms with Crippen molar-refractivity contribution >= 4 is 35.3 Å². The number of nitrogens with one attached hydrogen (secondary N) is 4. The fourth-order valence-electron chi connectivity index (χ4n) is 6.20. The number of Topliss-reactive ketones (excluding diaryl/α,β-unsaturated/α-hetero) is 1. The summed E-state index contributed by atoms with van der Waals surface area (Å²) in [6, 6.07) is 0.806. The molecule has 5 atom stereocenters. The van der Waals surface area contributed by atoms with Crippen LogP contribution in [0.5, 0.6) is 0 Å². The molecule has 0 aromatic heterocycles. The summed E-state index contributed by atoms with van der Waals surface area (Å²) in [5.41, 5.74) is 0.439. The van der Waals surface area contributed by atoms with Crippen molar-refractivity contribution in [3.63, 3.8) is 0 Å². The Hall–Kier alpha value is -4.18. The molecule has 1 spiro atoms. The topological polar surface area (TPSA) is 164 Å². The Bertz CT molecular complexity index is 1500. The Kier molecular flexibility index (Phi) is 10.8. The number of benzene rings is 1. The van der Waals surface area contributed by atoms with Gasteiger partial charge >= 0.3 is 12.3 Å². The molecule has 0 bridgehead atoms. The number of hydroxylamine groups is 1. The molecule has 0 unspecified atom stereocenters. The average molecular weight is 708 g/mol. The number of carbonyl (C=O) groups excluding carboxylic acids is 5. The van der Waals surface area contributed by atoms with E-state index < -0.39 is 76.6 Å². The van der Waals surface area contributed by atoms with Crippen molar-refractivity contribution in [2.24, 2.45) is 5.41 Å². The molecule has 1 aromatic rings. The SMILES string of the molecule is CCC[C@H](NC(=O)[C@@H]1C[C@@]2(C=C(c3ccc(C(F)(F)F)cc3)NO2)CN1C(=O)[C@@H](NC(=O)O[C@H]1CCOC1)C(C)(C)C)C(=O)C(=O)NC1CC1. The summed E-state index contributed by atoms with van der Waals surface area (Å²) in [6.45, 7) is 7.49. The van der Waals surface area contributed by atoms with Crippen molar-refractivity contribution in [2.45, 2.75) is 108 Å². The number of alkyl carbamates (subject to hydrolysis) is 1. The van der Waals surface area contributed by atoms with E-state index in [1.807, 2.05) is 0 Å². The lowest BCUT2D eigenvalue weighted by Gasteiger charge is -2.35. The first-order valence-corrected chi connectivity index (χ1v) is 16.8. The van der Waals surface area contributed by atoms with Gasteiger partial charge in [-0.3, -0.25) is 29.5 Å². The molecule has 3 aliphatic heterocycles. The maximum absolute atomic E-state index is 14.4.